The number of carbonyl (C=O) groups excluding carboxylic acids is 1. The summed E-state index contributed by atoms with van der Waals surface area (Å²) in [5.41, 5.74) is -0.288. The van der Waals surface area contributed by atoms with Gasteiger partial charge in [0.2, 0.25) is 0 Å². The van der Waals surface area contributed by atoms with Crippen molar-refractivity contribution in [2.75, 3.05) is 13.1 Å². The van der Waals surface area contributed by atoms with Gasteiger partial charge in [0.15, 0.2) is 0 Å². The van der Waals surface area contributed by atoms with Gasteiger partial charge in [-0.2, -0.15) is 0 Å². The average molecular weight is 375 g/mol. The van der Waals surface area contributed by atoms with Crippen LogP contribution in [0.2, 0.25) is 5.02 Å². The molecule has 2 fully saturated rings. The number of rotatable bonds is 4. The average Bonchev–Trinajstić information content (AvgIpc) is 3.08. The van der Waals surface area contributed by atoms with Gasteiger partial charge >= 0.3 is 0 Å². The first-order valence-corrected chi connectivity index (χ1v) is 9.68. The normalized spacial score (nSPS) is 20.8. The van der Waals surface area contributed by atoms with Crippen LogP contribution in [0.3, 0.4) is 0 Å². The molecule has 1 aliphatic carbocycles. The lowest BCUT2D eigenvalue weighted by atomic mass is 9.85. The predicted molar refractivity (Wildman–Crippen MR) is 99.5 cm³/mol. The fourth-order valence-corrected chi connectivity index (χ4v) is 4.11. The van der Waals surface area contributed by atoms with E-state index < -0.39 is 5.56 Å². The highest BCUT2D eigenvalue weighted by Gasteiger charge is 2.30. The second-order valence-electron chi connectivity index (χ2n) is 7.39. The van der Waals surface area contributed by atoms with E-state index in [2.05, 4.69) is 20.7 Å². The van der Waals surface area contributed by atoms with E-state index >= 15 is 0 Å². The summed E-state index contributed by atoms with van der Waals surface area (Å²) in [7, 11) is 0. The van der Waals surface area contributed by atoms with Crippen LogP contribution in [0.4, 0.5) is 0 Å². The minimum atomic E-state index is -0.395. The summed E-state index contributed by atoms with van der Waals surface area (Å²) in [4.78, 5) is 33.7. The SMILES string of the molecule is O=C(c1cc(Cl)c[nH]c1=O)N1CCCC(c2nccn2CC2CCC2)C1. The van der Waals surface area contributed by atoms with Gasteiger partial charge in [-0.15, -0.1) is 0 Å². The fourth-order valence-electron chi connectivity index (χ4n) is 3.95. The van der Waals surface area contributed by atoms with Gasteiger partial charge in [0.1, 0.15) is 11.4 Å². The molecule has 4 rings (SSSR count). The number of amides is 1. The maximum atomic E-state index is 12.8. The fraction of sp³-hybridized carbons (Fsp3) is 0.526. The van der Waals surface area contributed by atoms with Crippen LogP contribution in [0.25, 0.3) is 0 Å². The molecule has 1 saturated heterocycles. The van der Waals surface area contributed by atoms with Crippen LogP contribution in [0.15, 0.2) is 29.5 Å². The number of pyridine rings is 1. The van der Waals surface area contributed by atoms with Crippen LogP contribution >= 0.6 is 11.6 Å². The summed E-state index contributed by atoms with van der Waals surface area (Å²) in [5.74, 6) is 1.78. The van der Waals surface area contributed by atoms with Gasteiger partial charge in [-0.1, -0.05) is 18.0 Å². The topological polar surface area (TPSA) is 71.0 Å². The highest BCUT2D eigenvalue weighted by atomic mass is 35.5. The Morgan fingerprint density at radius 2 is 2.15 bits per heavy atom. The monoisotopic (exact) mass is 374 g/mol. The van der Waals surface area contributed by atoms with E-state index in [4.69, 9.17) is 11.6 Å². The molecule has 2 aromatic heterocycles. The molecule has 1 atom stereocenters. The third-order valence-corrected chi connectivity index (χ3v) is 5.82. The summed E-state index contributed by atoms with van der Waals surface area (Å²) in [5, 5.41) is 0.359. The largest absolute Gasteiger partial charge is 0.338 e. The molecule has 7 heteroatoms. The van der Waals surface area contributed by atoms with Crippen molar-refractivity contribution in [3.63, 3.8) is 0 Å². The Labute approximate surface area is 157 Å². The molecular weight excluding hydrogens is 352 g/mol. The van der Waals surface area contributed by atoms with Crippen molar-refractivity contribution < 1.29 is 4.79 Å². The van der Waals surface area contributed by atoms with Crippen LogP contribution in [0.5, 0.6) is 0 Å². The lowest BCUT2D eigenvalue weighted by Gasteiger charge is -2.33. The van der Waals surface area contributed by atoms with Gasteiger partial charge in [0.05, 0.1) is 5.02 Å². The smallest absolute Gasteiger partial charge is 0.260 e. The summed E-state index contributed by atoms with van der Waals surface area (Å²) in [6, 6.07) is 1.45. The van der Waals surface area contributed by atoms with E-state index in [0.29, 0.717) is 18.1 Å². The van der Waals surface area contributed by atoms with Crippen molar-refractivity contribution >= 4 is 17.5 Å². The third kappa shape index (κ3) is 3.43. The lowest BCUT2D eigenvalue weighted by Crippen LogP contribution is -2.41. The second kappa shape index (κ2) is 7.27. The Kier molecular flexibility index (Phi) is 4.85. The Hall–Kier alpha value is -2.08. The van der Waals surface area contributed by atoms with E-state index in [-0.39, 0.29) is 17.4 Å². The molecule has 1 aliphatic heterocycles. The Morgan fingerprint density at radius 1 is 1.31 bits per heavy atom. The standard InChI is InChI=1S/C19H23ClN4O2/c20-15-9-16(18(25)22-10-15)19(26)24-7-2-5-14(12-24)17-21-6-8-23(17)11-13-3-1-4-13/h6,8-10,13-14H,1-5,7,11-12H2,(H,22,25). The summed E-state index contributed by atoms with van der Waals surface area (Å²) in [6.07, 6.45) is 11.1. The van der Waals surface area contributed by atoms with Crippen molar-refractivity contribution in [3.8, 4) is 0 Å². The first-order valence-electron chi connectivity index (χ1n) is 9.30. The maximum absolute atomic E-state index is 12.8. The number of piperidine rings is 1. The summed E-state index contributed by atoms with van der Waals surface area (Å²) in [6.45, 7) is 2.27. The van der Waals surface area contributed by atoms with E-state index in [1.165, 1.54) is 31.5 Å². The highest BCUT2D eigenvalue weighted by Crippen LogP contribution is 2.31. The van der Waals surface area contributed by atoms with E-state index in [1.54, 1.807) is 4.90 Å². The van der Waals surface area contributed by atoms with Crippen molar-refractivity contribution in [3.05, 3.63) is 51.4 Å². The molecule has 3 heterocycles. The Bertz CT molecular complexity index is 855. The van der Waals surface area contributed by atoms with Gasteiger partial charge in [0.25, 0.3) is 11.5 Å². The number of imidazole rings is 1. The predicted octanol–water partition coefficient (Wildman–Crippen LogP) is 3.04. The number of aromatic nitrogens is 3. The van der Waals surface area contributed by atoms with Crippen LogP contribution < -0.4 is 5.56 Å². The number of carbonyl (C=O) groups is 1. The van der Waals surface area contributed by atoms with Crippen LogP contribution in [-0.4, -0.2) is 38.4 Å². The zero-order chi connectivity index (χ0) is 18.1. The van der Waals surface area contributed by atoms with Gasteiger partial charge in [-0.25, -0.2) is 4.98 Å². The van der Waals surface area contributed by atoms with Crippen LogP contribution in [0, 0.1) is 5.92 Å². The Balaban J connectivity index is 1.51. The minimum Gasteiger partial charge on any atom is -0.338 e. The minimum absolute atomic E-state index is 0.107. The van der Waals surface area contributed by atoms with E-state index in [0.717, 1.165) is 31.1 Å². The number of hydrogen-bond donors (Lipinski definition) is 1. The molecule has 138 valence electrons. The number of nitrogens with zero attached hydrogens (tertiary/aromatic N) is 3. The van der Waals surface area contributed by atoms with Crippen molar-refractivity contribution in [2.45, 2.75) is 44.6 Å². The van der Waals surface area contributed by atoms with Gasteiger partial charge < -0.3 is 14.5 Å². The molecule has 0 aromatic carbocycles. The molecule has 2 aliphatic rings. The molecule has 0 spiro atoms. The lowest BCUT2D eigenvalue weighted by molar-refractivity contribution is 0.0700. The second-order valence-corrected chi connectivity index (χ2v) is 7.82. The number of likely N-dealkylation sites (tertiary alicyclic amines) is 1. The molecule has 26 heavy (non-hydrogen) atoms. The zero-order valence-corrected chi connectivity index (χ0v) is 15.4. The van der Waals surface area contributed by atoms with Crippen molar-refractivity contribution in [1.29, 1.82) is 0 Å². The molecule has 1 unspecified atom stereocenters. The van der Waals surface area contributed by atoms with Gasteiger partial charge in [0, 0.05) is 44.1 Å². The molecule has 0 bridgehead atoms. The molecule has 1 N–H and O–H groups in total. The molecule has 1 amide bonds. The quantitative estimate of drug-likeness (QED) is 0.894. The van der Waals surface area contributed by atoms with Crippen LogP contribution in [-0.2, 0) is 6.54 Å². The zero-order valence-electron chi connectivity index (χ0n) is 14.7. The highest BCUT2D eigenvalue weighted by molar-refractivity contribution is 6.30. The first-order chi connectivity index (χ1) is 12.6. The molecule has 0 radical (unpaired) electrons. The number of H-pyrrole nitrogens is 1. The number of hydrogen-bond acceptors (Lipinski definition) is 3. The third-order valence-electron chi connectivity index (χ3n) is 5.60. The summed E-state index contributed by atoms with van der Waals surface area (Å²) >= 11 is 5.94. The molecule has 2 aromatic rings. The Morgan fingerprint density at radius 3 is 2.92 bits per heavy atom. The van der Waals surface area contributed by atoms with E-state index in [1.807, 2.05) is 6.20 Å². The first kappa shape index (κ1) is 17.3. The summed E-state index contributed by atoms with van der Waals surface area (Å²) < 4.78 is 2.26. The number of nitrogens with one attached hydrogen (secondary N) is 1. The number of halogens is 1. The van der Waals surface area contributed by atoms with Gasteiger partial charge in [-0.3, -0.25) is 9.59 Å². The number of aromatic amines is 1. The molecule has 6 nitrogen and oxygen atoms in total. The molecular formula is C19H23ClN4O2. The molecule has 1 saturated carbocycles. The van der Waals surface area contributed by atoms with Crippen molar-refractivity contribution in [2.24, 2.45) is 5.92 Å². The van der Waals surface area contributed by atoms with E-state index in [9.17, 15) is 9.59 Å². The van der Waals surface area contributed by atoms with Crippen molar-refractivity contribution in [1.82, 2.24) is 19.4 Å². The maximum Gasteiger partial charge on any atom is 0.260 e. The van der Waals surface area contributed by atoms with Gasteiger partial charge in [-0.05, 0) is 37.7 Å². The van der Waals surface area contributed by atoms with Crippen LogP contribution in [0.1, 0.15) is 54.2 Å².